The van der Waals surface area contributed by atoms with E-state index in [2.05, 4.69) is 21.2 Å². The summed E-state index contributed by atoms with van der Waals surface area (Å²) < 4.78 is 17.3. The third-order valence-corrected chi connectivity index (χ3v) is 5.28. The van der Waals surface area contributed by atoms with Crippen molar-refractivity contribution in [1.29, 1.82) is 0 Å². The average Bonchev–Trinajstić information content (AvgIpc) is 3.35. The molecule has 0 bridgehead atoms. The summed E-state index contributed by atoms with van der Waals surface area (Å²) in [5.41, 5.74) is 2.33. The van der Waals surface area contributed by atoms with Gasteiger partial charge >= 0.3 is 0 Å². The zero-order valence-corrected chi connectivity index (χ0v) is 15.7. The van der Waals surface area contributed by atoms with Crippen LogP contribution in [0.25, 0.3) is 0 Å². The van der Waals surface area contributed by atoms with Crippen molar-refractivity contribution in [1.82, 2.24) is 4.90 Å². The number of nitrogens with one attached hydrogen (secondary N) is 1. The number of amides is 1. The molecular weight excluding hydrogens is 412 g/mol. The molecule has 136 valence electrons. The van der Waals surface area contributed by atoms with Gasteiger partial charge in [-0.15, -0.1) is 0 Å². The summed E-state index contributed by atoms with van der Waals surface area (Å²) in [6.45, 7) is 0.539. The molecule has 0 aliphatic carbocycles. The molecule has 2 aromatic carbocycles. The van der Waals surface area contributed by atoms with E-state index in [0.29, 0.717) is 29.4 Å². The summed E-state index contributed by atoms with van der Waals surface area (Å²) in [6.07, 6.45) is 1.24. The molecule has 1 aromatic heterocycles. The van der Waals surface area contributed by atoms with Gasteiger partial charge in [0.2, 0.25) is 6.79 Å². The zero-order valence-electron chi connectivity index (χ0n) is 14.1. The van der Waals surface area contributed by atoms with Gasteiger partial charge in [0.15, 0.2) is 11.5 Å². The maximum Gasteiger partial charge on any atom is 0.258 e. The number of benzene rings is 2. The second-order valence-electron chi connectivity index (χ2n) is 6.34. The van der Waals surface area contributed by atoms with Gasteiger partial charge < -0.3 is 24.1 Å². The first-order valence-corrected chi connectivity index (χ1v) is 9.28. The van der Waals surface area contributed by atoms with E-state index in [1.54, 1.807) is 11.2 Å². The van der Waals surface area contributed by atoms with Crippen LogP contribution in [-0.4, -0.2) is 17.6 Å². The molecule has 6 nitrogen and oxygen atoms in total. The zero-order chi connectivity index (χ0) is 18.4. The largest absolute Gasteiger partial charge is 0.467 e. The quantitative estimate of drug-likeness (QED) is 0.665. The maximum atomic E-state index is 13.2. The van der Waals surface area contributed by atoms with Crippen molar-refractivity contribution in [3.05, 3.63) is 76.2 Å². The summed E-state index contributed by atoms with van der Waals surface area (Å²) in [5, 5.41) is 3.47. The number of nitrogens with zero attached hydrogens (tertiary/aromatic N) is 1. The first-order chi connectivity index (χ1) is 13.2. The van der Waals surface area contributed by atoms with E-state index in [0.717, 1.165) is 15.7 Å². The number of hydrogen-bond donors (Lipinski definition) is 1. The number of anilines is 1. The highest BCUT2D eigenvalue weighted by atomic mass is 79.9. The molecule has 2 aliphatic rings. The van der Waals surface area contributed by atoms with Gasteiger partial charge in [-0.25, -0.2) is 0 Å². The summed E-state index contributed by atoms with van der Waals surface area (Å²) >= 11 is 3.54. The van der Waals surface area contributed by atoms with Crippen LogP contribution in [0.15, 0.2) is 63.7 Å². The van der Waals surface area contributed by atoms with Gasteiger partial charge in [-0.1, -0.05) is 12.1 Å². The smallest absolute Gasteiger partial charge is 0.258 e. The number of hydrogen-bond acceptors (Lipinski definition) is 5. The number of halogens is 1. The molecule has 0 saturated heterocycles. The fourth-order valence-corrected chi connectivity index (χ4v) is 4.01. The molecule has 1 amide bonds. The number of fused-ring (bicyclic) bond motifs is 2. The Kier molecular flexibility index (Phi) is 3.82. The van der Waals surface area contributed by atoms with Gasteiger partial charge in [-0.3, -0.25) is 4.79 Å². The molecule has 0 spiro atoms. The van der Waals surface area contributed by atoms with E-state index in [1.165, 1.54) is 0 Å². The normalized spacial score (nSPS) is 17.6. The van der Waals surface area contributed by atoms with Gasteiger partial charge in [0, 0.05) is 5.69 Å². The van der Waals surface area contributed by atoms with E-state index in [-0.39, 0.29) is 18.9 Å². The minimum absolute atomic E-state index is 0.0560. The number of ether oxygens (including phenoxy) is 2. The van der Waals surface area contributed by atoms with Crippen LogP contribution in [-0.2, 0) is 6.54 Å². The van der Waals surface area contributed by atoms with Crippen molar-refractivity contribution in [2.24, 2.45) is 0 Å². The average molecular weight is 427 g/mol. The van der Waals surface area contributed by atoms with Gasteiger partial charge in [0.05, 0.1) is 22.8 Å². The number of carbonyl (C=O) groups is 1. The van der Waals surface area contributed by atoms with Crippen molar-refractivity contribution in [2.75, 3.05) is 12.1 Å². The molecule has 0 fully saturated rings. The first-order valence-electron chi connectivity index (χ1n) is 8.48. The maximum absolute atomic E-state index is 13.2. The molecule has 1 N–H and O–H groups in total. The minimum Gasteiger partial charge on any atom is -0.467 e. The van der Waals surface area contributed by atoms with Gasteiger partial charge in [0.25, 0.3) is 5.91 Å². The molecule has 1 unspecified atom stereocenters. The molecule has 3 aromatic rings. The Morgan fingerprint density at radius 3 is 2.89 bits per heavy atom. The van der Waals surface area contributed by atoms with Crippen molar-refractivity contribution >= 4 is 27.5 Å². The molecule has 0 saturated carbocycles. The topological polar surface area (TPSA) is 63.9 Å². The van der Waals surface area contributed by atoms with Crippen LogP contribution in [0.5, 0.6) is 11.5 Å². The highest BCUT2D eigenvalue weighted by Gasteiger charge is 2.34. The van der Waals surface area contributed by atoms with Crippen molar-refractivity contribution < 1.29 is 18.7 Å². The Bertz CT molecular complexity index is 1020. The Morgan fingerprint density at radius 1 is 1.15 bits per heavy atom. The molecule has 0 radical (unpaired) electrons. The van der Waals surface area contributed by atoms with Crippen LogP contribution >= 0.6 is 15.9 Å². The highest BCUT2D eigenvalue weighted by Crippen LogP contribution is 2.43. The monoisotopic (exact) mass is 426 g/mol. The van der Waals surface area contributed by atoms with Gasteiger partial charge in [-0.05, 0) is 57.9 Å². The number of para-hydroxylation sites is 1. The third-order valence-electron chi connectivity index (χ3n) is 4.69. The Hall–Kier alpha value is -2.93. The fourth-order valence-electron chi connectivity index (χ4n) is 3.43. The summed E-state index contributed by atoms with van der Waals surface area (Å²) in [7, 11) is 0. The first kappa shape index (κ1) is 16.3. The molecule has 1 atom stereocenters. The number of carbonyl (C=O) groups excluding carboxylic acids is 1. The lowest BCUT2D eigenvalue weighted by Crippen LogP contribution is -2.42. The van der Waals surface area contributed by atoms with Crippen LogP contribution in [0.1, 0.15) is 27.8 Å². The minimum atomic E-state index is -0.372. The molecule has 2 aliphatic heterocycles. The predicted octanol–water partition coefficient (Wildman–Crippen LogP) is 4.54. The van der Waals surface area contributed by atoms with Crippen LogP contribution in [0.4, 0.5) is 5.69 Å². The van der Waals surface area contributed by atoms with Crippen LogP contribution < -0.4 is 14.8 Å². The fraction of sp³-hybridized carbons (Fsp3) is 0.150. The Labute approximate surface area is 163 Å². The summed E-state index contributed by atoms with van der Waals surface area (Å²) in [5.74, 6) is 2.00. The van der Waals surface area contributed by atoms with E-state index >= 15 is 0 Å². The van der Waals surface area contributed by atoms with E-state index in [9.17, 15) is 4.79 Å². The van der Waals surface area contributed by atoms with Crippen LogP contribution in [0.2, 0.25) is 0 Å². The van der Waals surface area contributed by atoms with Crippen molar-refractivity contribution in [3.8, 4) is 11.5 Å². The standard InChI is InChI=1S/C20H15BrN2O4/c21-15-8-12(9-17-18(15)27-11-26-17)19-22-16-6-2-1-5-14(16)20(24)23(19)10-13-4-3-7-25-13/h1-9,19,22H,10-11H2. The van der Waals surface area contributed by atoms with Gasteiger partial charge in [-0.2, -0.15) is 0 Å². The van der Waals surface area contributed by atoms with Crippen molar-refractivity contribution in [3.63, 3.8) is 0 Å². The number of rotatable bonds is 3. The SMILES string of the molecule is O=C1c2ccccc2NC(c2cc(Br)c3c(c2)OCO3)N1Cc1ccco1. The third kappa shape index (κ3) is 2.75. The van der Waals surface area contributed by atoms with E-state index in [4.69, 9.17) is 13.9 Å². The Balaban J connectivity index is 1.60. The molecule has 27 heavy (non-hydrogen) atoms. The van der Waals surface area contributed by atoms with Crippen LogP contribution in [0.3, 0.4) is 0 Å². The molecule has 7 heteroatoms. The molecule has 3 heterocycles. The lowest BCUT2D eigenvalue weighted by Gasteiger charge is -2.37. The second-order valence-corrected chi connectivity index (χ2v) is 7.20. The molecule has 5 rings (SSSR count). The van der Waals surface area contributed by atoms with Gasteiger partial charge in [0.1, 0.15) is 11.9 Å². The Morgan fingerprint density at radius 2 is 2.04 bits per heavy atom. The highest BCUT2D eigenvalue weighted by molar-refractivity contribution is 9.10. The van der Waals surface area contributed by atoms with Crippen molar-refractivity contribution in [2.45, 2.75) is 12.7 Å². The molecular formula is C20H15BrN2O4. The second kappa shape index (κ2) is 6.35. The predicted molar refractivity (Wildman–Crippen MR) is 102 cm³/mol. The lowest BCUT2D eigenvalue weighted by molar-refractivity contribution is 0.0651. The summed E-state index contributed by atoms with van der Waals surface area (Å²) in [4.78, 5) is 15.0. The van der Waals surface area contributed by atoms with E-state index in [1.807, 2.05) is 48.5 Å². The van der Waals surface area contributed by atoms with Crippen LogP contribution in [0, 0.1) is 0 Å². The summed E-state index contributed by atoms with van der Waals surface area (Å²) in [6, 6.07) is 15.0. The number of furan rings is 1. The van der Waals surface area contributed by atoms with E-state index < -0.39 is 0 Å². The lowest BCUT2D eigenvalue weighted by atomic mass is 10.0.